The van der Waals surface area contributed by atoms with Gasteiger partial charge in [0, 0.05) is 45.6 Å². The molecule has 68 valence electrons. The van der Waals surface area contributed by atoms with Crippen LogP contribution in [0, 0.1) is 7.43 Å². The third kappa shape index (κ3) is 3.68. The standard InChI is InChI=1S/C9H8O.C.Fe.Mo/c1-2-6-9-8(4-1)5-3-7-10-9;;;/h1-4,6-7H,5H2;;;. The summed E-state index contributed by atoms with van der Waals surface area (Å²) in [7, 11) is 0. The van der Waals surface area contributed by atoms with Gasteiger partial charge in [-0.3, -0.25) is 0 Å². The van der Waals surface area contributed by atoms with E-state index in [1.54, 1.807) is 6.26 Å². The van der Waals surface area contributed by atoms with Gasteiger partial charge in [-0.05, 0) is 24.1 Å². The molecule has 0 amide bonds. The van der Waals surface area contributed by atoms with Crippen LogP contribution in [0.3, 0.4) is 0 Å². The summed E-state index contributed by atoms with van der Waals surface area (Å²) >= 11 is 0. The van der Waals surface area contributed by atoms with Crippen LogP contribution in [0.4, 0.5) is 0 Å². The van der Waals surface area contributed by atoms with Crippen molar-refractivity contribution in [3.8, 4) is 5.75 Å². The Balaban J connectivity index is 0. The van der Waals surface area contributed by atoms with Crippen LogP contribution in [0.5, 0.6) is 5.75 Å². The predicted molar refractivity (Wildman–Crippen MR) is 43.2 cm³/mol. The van der Waals surface area contributed by atoms with Crippen molar-refractivity contribution >= 4 is 0 Å². The number of rotatable bonds is 0. The normalized spacial score (nSPS) is 10.8. The van der Waals surface area contributed by atoms with Gasteiger partial charge in [0.2, 0.25) is 0 Å². The summed E-state index contributed by atoms with van der Waals surface area (Å²) in [4.78, 5) is 0. The maximum absolute atomic E-state index is 5.24. The molecule has 1 aliphatic heterocycles. The summed E-state index contributed by atoms with van der Waals surface area (Å²) in [6, 6.07) is 8.08. The molecule has 0 spiro atoms. The fourth-order valence-electron chi connectivity index (χ4n) is 1.08. The van der Waals surface area contributed by atoms with Gasteiger partial charge in [-0.15, -0.1) is 0 Å². The van der Waals surface area contributed by atoms with Gasteiger partial charge in [-0.25, -0.2) is 0 Å². The van der Waals surface area contributed by atoms with Gasteiger partial charge < -0.3 is 4.74 Å². The number of hydrogen-bond donors (Lipinski definition) is 0. The van der Waals surface area contributed by atoms with E-state index in [9.17, 15) is 0 Å². The first kappa shape index (κ1) is 15.4. The molecule has 0 saturated heterocycles. The zero-order chi connectivity index (χ0) is 6.81. The quantitative estimate of drug-likeness (QED) is 0.667. The van der Waals surface area contributed by atoms with E-state index in [-0.39, 0.29) is 45.6 Å². The average Bonchev–Trinajstić information content (AvgIpc) is 2.05. The van der Waals surface area contributed by atoms with Gasteiger partial charge in [0.05, 0.1) is 6.26 Å². The minimum Gasteiger partial charge on any atom is -0.465 e. The van der Waals surface area contributed by atoms with Crippen molar-refractivity contribution in [2.45, 2.75) is 6.42 Å². The monoisotopic (exact) mass is 298 g/mol. The SMILES string of the molecule is C1=COc2ccccc2C1.[C].[Fe].[Mo]. The number of hydrogen-bond acceptors (Lipinski definition) is 1. The van der Waals surface area contributed by atoms with Crippen molar-refractivity contribution in [1.29, 1.82) is 0 Å². The van der Waals surface area contributed by atoms with Crippen LogP contribution in [0.1, 0.15) is 5.56 Å². The number of allylic oxidation sites excluding steroid dienone is 1. The zero-order valence-corrected chi connectivity index (χ0v) is 9.95. The first-order valence-electron chi connectivity index (χ1n) is 3.36. The maximum Gasteiger partial charge on any atom is 0.130 e. The smallest absolute Gasteiger partial charge is 0.130 e. The Morgan fingerprint density at radius 2 is 1.85 bits per heavy atom. The second-order valence-corrected chi connectivity index (χ2v) is 2.30. The Morgan fingerprint density at radius 1 is 1.15 bits per heavy atom. The number of para-hydroxylation sites is 1. The fraction of sp³-hybridized carbons (Fsp3) is 0.100. The van der Waals surface area contributed by atoms with Gasteiger partial charge in [0.15, 0.2) is 0 Å². The van der Waals surface area contributed by atoms with Gasteiger partial charge in [0.1, 0.15) is 5.75 Å². The number of fused-ring (bicyclic) bond motifs is 1. The molecule has 0 aliphatic carbocycles. The summed E-state index contributed by atoms with van der Waals surface area (Å²) in [5.41, 5.74) is 1.27. The van der Waals surface area contributed by atoms with Crippen molar-refractivity contribution in [2.75, 3.05) is 0 Å². The Bertz CT molecular complexity index is 246. The first-order valence-corrected chi connectivity index (χ1v) is 3.36. The summed E-state index contributed by atoms with van der Waals surface area (Å²) in [6.07, 6.45) is 4.75. The summed E-state index contributed by atoms with van der Waals surface area (Å²) in [6.45, 7) is 0. The maximum atomic E-state index is 5.24. The molecule has 0 bridgehead atoms. The average molecular weight is 296 g/mol. The van der Waals surface area contributed by atoms with E-state index in [4.69, 9.17) is 4.74 Å². The Hall–Kier alpha value is -0.0322. The third-order valence-electron chi connectivity index (χ3n) is 1.60. The third-order valence-corrected chi connectivity index (χ3v) is 1.60. The molecule has 13 heavy (non-hydrogen) atoms. The predicted octanol–water partition coefficient (Wildman–Crippen LogP) is 2.21. The molecule has 4 radical (unpaired) electrons. The van der Waals surface area contributed by atoms with Crippen molar-refractivity contribution in [3.05, 3.63) is 49.6 Å². The van der Waals surface area contributed by atoms with Crippen molar-refractivity contribution in [2.24, 2.45) is 0 Å². The van der Waals surface area contributed by atoms with E-state index in [0.717, 1.165) is 12.2 Å². The molecule has 0 unspecified atom stereocenters. The molecule has 1 aliphatic rings. The molecule has 2 rings (SSSR count). The van der Waals surface area contributed by atoms with E-state index in [1.807, 2.05) is 24.3 Å². The molecular weight excluding hydrogens is 288 g/mol. The molecule has 0 atom stereocenters. The van der Waals surface area contributed by atoms with E-state index in [1.165, 1.54) is 5.56 Å². The van der Waals surface area contributed by atoms with Crippen LogP contribution in [-0.2, 0) is 44.6 Å². The Labute approximate surface area is 104 Å². The Kier molecular flexibility index (Phi) is 8.76. The minimum absolute atomic E-state index is 0. The van der Waals surface area contributed by atoms with E-state index in [2.05, 4.69) is 6.07 Å². The molecular formula is C10H8FeMoO. The van der Waals surface area contributed by atoms with E-state index < -0.39 is 0 Å². The summed E-state index contributed by atoms with van der Waals surface area (Å²) in [5.74, 6) is 0.991. The van der Waals surface area contributed by atoms with Gasteiger partial charge in [-0.2, -0.15) is 0 Å². The minimum atomic E-state index is 0. The molecule has 0 N–H and O–H groups in total. The van der Waals surface area contributed by atoms with Crippen LogP contribution in [-0.4, -0.2) is 0 Å². The second kappa shape index (κ2) is 7.38. The van der Waals surface area contributed by atoms with E-state index >= 15 is 0 Å². The van der Waals surface area contributed by atoms with E-state index in [0.29, 0.717) is 0 Å². The molecule has 1 nitrogen and oxygen atoms in total. The number of benzene rings is 1. The van der Waals surface area contributed by atoms with Crippen LogP contribution < -0.4 is 4.74 Å². The topological polar surface area (TPSA) is 9.23 Å². The van der Waals surface area contributed by atoms with Crippen molar-refractivity contribution in [1.82, 2.24) is 0 Å². The van der Waals surface area contributed by atoms with Crippen LogP contribution in [0.2, 0.25) is 0 Å². The molecule has 1 heterocycles. The largest absolute Gasteiger partial charge is 0.465 e. The Morgan fingerprint density at radius 3 is 2.54 bits per heavy atom. The molecule has 1 aromatic carbocycles. The van der Waals surface area contributed by atoms with Crippen LogP contribution in [0.25, 0.3) is 0 Å². The summed E-state index contributed by atoms with van der Waals surface area (Å²) < 4.78 is 5.24. The molecule has 3 heteroatoms. The summed E-state index contributed by atoms with van der Waals surface area (Å²) in [5, 5.41) is 0. The van der Waals surface area contributed by atoms with Gasteiger partial charge >= 0.3 is 0 Å². The van der Waals surface area contributed by atoms with Crippen LogP contribution >= 0.6 is 0 Å². The first-order chi connectivity index (χ1) is 4.97. The fourth-order valence-corrected chi connectivity index (χ4v) is 1.08. The van der Waals surface area contributed by atoms with Crippen molar-refractivity contribution in [3.63, 3.8) is 0 Å². The van der Waals surface area contributed by atoms with Crippen molar-refractivity contribution < 1.29 is 42.9 Å². The number of ether oxygens (including phenoxy) is 1. The zero-order valence-electron chi connectivity index (χ0n) is 6.84. The molecule has 0 aromatic heterocycles. The van der Waals surface area contributed by atoms with Crippen LogP contribution in [0.15, 0.2) is 36.6 Å². The van der Waals surface area contributed by atoms with Gasteiger partial charge in [-0.1, -0.05) is 18.2 Å². The molecule has 0 fully saturated rings. The van der Waals surface area contributed by atoms with Gasteiger partial charge in [0.25, 0.3) is 0 Å². The molecule has 0 saturated carbocycles. The molecule has 1 aromatic rings. The second-order valence-electron chi connectivity index (χ2n) is 2.30.